The molecule has 0 spiro atoms. The standard InChI is InChI=1S/C16H15ClN2O2/c1-10-14(18-11(2)20)4-3-5-15(10)19-16(21)12-6-8-13(17)9-7-12/h3-9H,1-2H3,(H,18,20)(H,19,21). The van der Waals surface area contributed by atoms with Gasteiger partial charge in [-0.25, -0.2) is 0 Å². The third-order valence-electron chi connectivity index (χ3n) is 3.00. The highest BCUT2D eigenvalue weighted by Crippen LogP contribution is 2.24. The Morgan fingerprint density at radius 3 is 2.10 bits per heavy atom. The Hall–Kier alpha value is -2.33. The Kier molecular flexibility index (Phi) is 4.60. The molecule has 5 heteroatoms. The van der Waals surface area contributed by atoms with Crippen molar-refractivity contribution in [2.75, 3.05) is 10.6 Å². The zero-order valence-corrected chi connectivity index (χ0v) is 12.5. The van der Waals surface area contributed by atoms with Crippen molar-refractivity contribution in [2.45, 2.75) is 13.8 Å². The van der Waals surface area contributed by atoms with Crippen LogP contribution in [-0.2, 0) is 4.79 Å². The molecule has 2 rings (SSSR count). The third kappa shape index (κ3) is 3.83. The maximum Gasteiger partial charge on any atom is 0.255 e. The van der Waals surface area contributed by atoms with E-state index in [0.29, 0.717) is 22.0 Å². The van der Waals surface area contributed by atoms with E-state index in [1.54, 1.807) is 42.5 Å². The minimum atomic E-state index is -0.227. The van der Waals surface area contributed by atoms with Gasteiger partial charge < -0.3 is 10.6 Å². The van der Waals surface area contributed by atoms with Crippen molar-refractivity contribution in [1.29, 1.82) is 0 Å². The summed E-state index contributed by atoms with van der Waals surface area (Å²) < 4.78 is 0. The molecule has 0 aliphatic rings. The fourth-order valence-corrected chi connectivity index (χ4v) is 2.02. The van der Waals surface area contributed by atoms with Crippen LogP contribution in [0.3, 0.4) is 0 Å². The summed E-state index contributed by atoms with van der Waals surface area (Å²) in [6.45, 7) is 3.28. The van der Waals surface area contributed by atoms with E-state index in [9.17, 15) is 9.59 Å². The lowest BCUT2D eigenvalue weighted by molar-refractivity contribution is -0.114. The first-order valence-electron chi connectivity index (χ1n) is 6.41. The van der Waals surface area contributed by atoms with Crippen molar-refractivity contribution in [3.8, 4) is 0 Å². The molecule has 0 unspecified atom stereocenters. The average Bonchev–Trinajstić information content (AvgIpc) is 2.43. The molecule has 2 amide bonds. The van der Waals surface area contributed by atoms with Crippen LogP contribution in [0.2, 0.25) is 5.02 Å². The highest BCUT2D eigenvalue weighted by Gasteiger charge is 2.10. The zero-order valence-electron chi connectivity index (χ0n) is 11.7. The summed E-state index contributed by atoms with van der Waals surface area (Å²) in [7, 11) is 0. The normalized spacial score (nSPS) is 10.0. The largest absolute Gasteiger partial charge is 0.326 e. The summed E-state index contributed by atoms with van der Waals surface area (Å²) in [6.07, 6.45) is 0. The summed E-state index contributed by atoms with van der Waals surface area (Å²) in [4.78, 5) is 23.3. The smallest absolute Gasteiger partial charge is 0.255 e. The van der Waals surface area contributed by atoms with E-state index in [0.717, 1.165) is 5.56 Å². The molecule has 0 aliphatic heterocycles. The van der Waals surface area contributed by atoms with Crippen molar-refractivity contribution in [1.82, 2.24) is 0 Å². The number of anilines is 2. The summed E-state index contributed by atoms with van der Waals surface area (Å²) in [6, 6.07) is 12.0. The summed E-state index contributed by atoms with van der Waals surface area (Å²) in [5, 5.41) is 6.13. The number of carbonyl (C=O) groups excluding carboxylic acids is 2. The molecule has 2 N–H and O–H groups in total. The van der Waals surface area contributed by atoms with Gasteiger partial charge in [0.25, 0.3) is 5.91 Å². The molecule has 0 atom stereocenters. The van der Waals surface area contributed by atoms with Gasteiger partial charge in [0.05, 0.1) is 0 Å². The molecule has 0 fully saturated rings. The number of halogens is 1. The van der Waals surface area contributed by atoms with E-state index in [2.05, 4.69) is 10.6 Å². The Morgan fingerprint density at radius 2 is 1.52 bits per heavy atom. The monoisotopic (exact) mass is 302 g/mol. The fourth-order valence-electron chi connectivity index (χ4n) is 1.89. The van der Waals surface area contributed by atoms with Gasteiger partial charge in [0, 0.05) is 28.9 Å². The van der Waals surface area contributed by atoms with E-state index < -0.39 is 0 Å². The van der Waals surface area contributed by atoms with Gasteiger partial charge in [-0.1, -0.05) is 17.7 Å². The average molecular weight is 303 g/mol. The molecule has 0 heterocycles. The van der Waals surface area contributed by atoms with Crippen molar-refractivity contribution >= 4 is 34.8 Å². The van der Waals surface area contributed by atoms with Gasteiger partial charge in [-0.2, -0.15) is 0 Å². The second-order valence-electron chi connectivity index (χ2n) is 4.62. The number of rotatable bonds is 3. The van der Waals surface area contributed by atoms with Crippen LogP contribution in [0.1, 0.15) is 22.8 Å². The molecule has 2 aromatic carbocycles. The summed E-state index contributed by atoms with van der Waals surface area (Å²) in [5.74, 6) is -0.381. The number of amides is 2. The van der Waals surface area contributed by atoms with E-state index in [4.69, 9.17) is 11.6 Å². The zero-order chi connectivity index (χ0) is 15.4. The molecule has 21 heavy (non-hydrogen) atoms. The lowest BCUT2D eigenvalue weighted by Crippen LogP contribution is -2.14. The highest BCUT2D eigenvalue weighted by molar-refractivity contribution is 6.30. The molecule has 2 aromatic rings. The van der Waals surface area contributed by atoms with E-state index in [1.807, 2.05) is 6.92 Å². The molecule has 0 aliphatic carbocycles. The van der Waals surface area contributed by atoms with Crippen LogP contribution in [0, 0.1) is 6.92 Å². The van der Waals surface area contributed by atoms with Crippen LogP contribution in [0.15, 0.2) is 42.5 Å². The van der Waals surface area contributed by atoms with Gasteiger partial charge in [0.1, 0.15) is 0 Å². The Balaban J connectivity index is 2.21. The maximum absolute atomic E-state index is 12.2. The Labute approximate surface area is 128 Å². The third-order valence-corrected chi connectivity index (χ3v) is 3.25. The Morgan fingerprint density at radius 1 is 0.952 bits per heavy atom. The van der Waals surface area contributed by atoms with Crippen molar-refractivity contribution in [3.63, 3.8) is 0 Å². The van der Waals surface area contributed by atoms with Crippen molar-refractivity contribution in [3.05, 3.63) is 58.6 Å². The lowest BCUT2D eigenvalue weighted by atomic mass is 10.1. The highest BCUT2D eigenvalue weighted by atomic mass is 35.5. The van der Waals surface area contributed by atoms with Crippen LogP contribution in [-0.4, -0.2) is 11.8 Å². The van der Waals surface area contributed by atoms with Gasteiger partial charge in [-0.3, -0.25) is 9.59 Å². The summed E-state index contributed by atoms with van der Waals surface area (Å²) >= 11 is 5.80. The first-order valence-corrected chi connectivity index (χ1v) is 6.79. The number of benzene rings is 2. The minimum absolute atomic E-state index is 0.153. The molecule has 0 bridgehead atoms. The number of hydrogen-bond donors (Lipinski definition) is 2. The molecular weight excluding hydrogens is 288 g/mol. The SMILES string of the molecule is CC(=O)Nc1cccc(NC(=O)c2ccc(Cl)cc2)c1C. The molecular formula is C16H15ClN2O2. The minimum Gasteiger partial charge on any atom is -0.326 e. The van der Waals surface area contributed by atoms with E-state index in [-0.39, 0.29) is 11.8 Å². The number of carbonyl (C=O) groups is 2. The topological polar surface area (TPSA) is 58.2 Å². The van der Waals surface area contributed by atoms with Crippen LogP contribution in [0.25, 0.3) is 0 Å². The molecule has 0 aromatic heterocycles. The predicted molar refractivity (Wildman–Crippen MR) is 84.9 cm³/mol. The molecule has 4 nitrogen and oxygen atoms in total. The van der Waals surface area contributed by atoms with Crippen LogP contribution < -0.4 is 10.6 Å². The second kappa shape index (κ2) is 6.41. The van der Waals surface area contributed by atoms with Gasteiger partial charge in [0.2, 0.25) is 5.91 Å². The van der Waals surface area contributed by atoms with Crippen molar-refractivity contribution < 1.29 is 9.59 Å². The van der Waals surface area contributed by atoms with Gasteiger partial charge in [-0.15, -0.1) is 0 Å². The number of nitrogens with one attached hydrogen (secondary N) is 2. The van der Waals surface area contributed by atoms with Gasteiger partial charge in [-0.05, 0) is 48.9 Å². The van der Waals surface area contributed by atoms with Crippen LogP contribution in [0.4, 0.5) is 11.4 Å². The quantitative estimate of drug-likeness (QED) is 0.904. The van der Waals surface area contributed by atoms with Gasteiger partial charge in [0.15, 0.2) is 0 Å². The molecule has 108 valence electrons. The van der Waals surface area contributed by atoms with E-state index >= 15 is 0 Å². The molecule has 0 saturated carbocycles. The van der Waals surface area contributed by atoms with Gasteiger partial charge >= 0.3 is 0 Å². The van der Waals surface area contributed by atoms with Crippen LogP contribution in [0.5, 0.6) is 0 Å². The second-order valence-corrected chi connectivity index (χ2v) is 5.06. The number of hydrogen-bond acceptors (Lipinski definition) is 2. The van der Waals surface area contributed by atoms with Crippen molar-refractivity contribution in [2.24, 2.45) is 0 Å². The summed E-state index contributed by atoms with van der Waals surface area (Å²) in [5.41, 5.74) is 2.65. The fraction of sp³-hybridized carbons (Fsp3) is 0.125. The van der Waals surface area contributed by atoms with E-state index in [1.165, 1.54) is 6.92 Å². The predicted octanol–water partition coefficient (Wildman–Crippen LogP) is 3.86. The first-order chi connectivity index (χ1) is 9.97. The van der Waals surface area contributed by atoms with Crippen LogP contribution >= 0.6 is 11.6 Å². The lowest BCUT2D eigenvalue weighted by Gasteiger charge is -2.12. The molecule has 0 radical (unpaired) electrons. The first kappa shape index (κ1) is 15.1. The molecule has 0 saturated heterocycles. The Bertz CT molecular complexity index is 681. The maximum atomic E-state index is 12.2.